The van der Waals surface area contributed by atoms with Gasteiger partial charge in [-0.2, -0.15) is 0 Å². The zero-order chi connectivity index (χ0) is 15.2. The van der Waals surface area contributed by atoms with Crippen LogP contribution in [0.4, 0.5) is 0 Å². The lowest BCUT2D eigenvalue weighted by Gasteiger charge is -2.17. The number of likely N-dealkylation sites (tertiary alicyclic amines) is 1. The van der Waals surface area contributed by atoms with Gasteiger partial charge in [-0.1, -0.05) is 15.9 Å². The first-order valence-electron chi connectivity index (χ1n) is 7.01. The van der Waals surface area contributed by atoms with Crippen LogP contribution in [0.3, 0.4) is 0 Å². The van der Waals surface area contributed by atoms with Crippen molar-refractivity contribution in [1.82, 2.24) is 10.2 Å². The van der Waals surface area contributed by atoms with Gasteiger partial charge >= 0.3 is 0 Å². The van der Waals surface area contributed by atoms with E-state index in [2.05, 4.69) is 21.2 Å². The first-order chi connectivity index (χ1) is 10.1. The van der Waals surface area contributed by atoms with E-state index in [0.29, 0.717) is 13.2 Å². The van der Waals surface area contributed by atoms with Crippen LogP contribution in [0.2, 0.25) is 0 Å². The minimum absolute atomic E-state index is 0.0520. The van der Waals surface area contributed by atoms with E-state index in [4.69, 9.17) is 9.47 Å². The Bertz CT molecular complexity index is 496. The summed E-state index contributed by atoms with van der Waals surface area (Å²) in [6.45, 7) is 2.86. The fraction of sp³-hybridized carbons (Fsp3) is 0.533. The van der Waals surface area contributed by atoms with Gasteiger partial charge in [-0.15, -0.1) is 0 Å². The van der Waals surface area contributed by atoms with Crippen molar-refractivity contribution in [2.75, 3.05) is 33.9 Å². The smallest absolute Gasteiger partial charge is 0.263 e. The summed E-state index contributed by atoms with van der Waals surface area (Å²) >= 11 is 3.47. The molecule has 1 atom stereocenters. The highest BCUT2D eigenvalue weighted by atomic mass is 79.9. The number of amides is 1. The lowest BCUT2D eigenvalue weighted by molar-refractivity contribution is -0.132. The fourth-order valence-electron chi connectivity index (χ4n) is 2.25. The zero-order valence-corrected chi connectivity index (χ0v) is 14.0. The van der Waals surface area contributed by atoms with Crippen molar-refractivity contribution in [2.45, 2.75) is 19.1 Å². The highest BCUT2D eigenvalue weighted by Gasteiger charge is 2.31. The lowest BCUT2D eigenvalue weighted by Crippen LogP contribution is -2.30. The SMILES string of the molecule is COCCNCc1cc(Br)ccc1OC1CCN(C)C1=O. The zero-order valence-electron chi connectivity index (χ0n) is 12.4. The minimum Gasteiger partial charge on any atom is -0.480 e. The van der Waals surface area contributed by atoms with Crippen LogP contribution in [0.1, 0.15) is 12.0 Å². The maximum atomic E-state index is 11.9. The molecule has 0 aliphatic carbocycles. The number of nitrogens with zero attached hydrogens (tertiary/aromatic N) is 1. The maximum Gasteiger partial charge on any atom is 0.263 e. The number of nitrogens with one attached hydrogen (secondary N) is 1. The van der Waals surface area contributed by atoms with Crippen LogP contribution in [0, 0.1) is 0 Å². The van der Waals surface area contributed by atoms with Crippen LogP contribution in [0.5, 0.6) is 5.75 Å². The number of hydrogen-bond donors (Lipinski definition) is 1. The van der Waals surface area contributed by atoms with E-state index in [1.165, 1.54) is 0 Å². The van der Waals surface area contributed by atoms with Crippen LogP contribution in [-0.2, 0) is 16.1 Å². The predicted molar refractivity (Wildman–Crippen MR) is 84.4 cm³/mol. The third-order valence-corrected chi connectivity index (χ3v) is 3.96. The third-order valence-electron chi connectivity index (χ3n) is 3.47. The lowest BCUT2D eigenvalue weighted by atomic mass is 10.2. The predicted octanol–water partition coefficient (Wildman–Crippen LogP) is 1.79. The second kappa shape index (κ2) is 7.77. The summed E-state index contributed by atoms with van der Waals surface area (Å²) in [5.41, 5.74) is 1.03. The summed E-state index contributed by atoms with van der Waals surface area (Å²) in [7, 11) is 3.48. The van der Waals surface area contributed by atoms with Gasteiger partial charge in [-0.05, 0) is 18.2 Å². The summed E-state index contributed by atoms with van der Waals surface area (Å²) in [4.78, 5) is 13.7. The van der Waals surface area contributed by atoms with Gasteiger partial charge in [0, 0.05) is 50.2 Å². The topological polar surface area (TPSA) is 50.8 Å². The number of carbonyl (C=O) groups is 1. The molecule has 0 radical (unpaired) electrons. The molecule has 1 saturated heterocycles. The molecule has 0 spiro atoms. The van der Waals surface area contributed by atoms with Crippen LogP contribution >= 0.6 is 15.9 Å². The number of carbonyl (C=O) groups excluding carboxylic acids is 1. The molecule has 0 aromatic heterocycles. The molecule has 1 aromatic carbocycles. The number of methoxy groups -OCH3 is 1. The Morgan fingerprint density at radius 1 is 1.48 bits per heavy atom. The second-order valence-electron chi connectivity index (χ2n) is 5.08. The van der Waals surface area contributed by atoms with Crippen molar-refractivity contribution in [1.29, 1.82) is 0 Å². The maximum absolute atomic E-state index is 11.9. The molecule has 5 nitrogen and oxygen atoms in total. The van der Waals surface area contributed by atoms with Crippen LogP contribution in [0.25, 0.3) is 0 Å². The summed E-state index contributed by atoms with van der Waals surface area (Å²) in [6.07, 6.45) is 0.371. The molecule has 1 heterocycles. The molecule has 1 unspecified atom stereocenters. The molecule has 6 heteroatoms. The van der Waals surface area contributed by atoms with Crippen LogP contribution < -0.4 is 10.1 Å². The Kier molecular flexibility index (Phi) is 6.02. The monoisotopic (exact) mass is 356 g/mol. The number of likely N-dealkylation sites (N-methyl/N-ethyl adjacent to an activating group) is 1. The van der Waals surface area contributed by atoms with E-state index in [1.54, 1.807) is 19.1 Å². The van der Waals surface area contributed by atoms with Gasteiger partial charge in [-0.3, -0.25) is 4.79 Å². The van der Waals surface area contributed by atoms with Crippen molar-refractivity contribution < 1.29 is 14.3 Å². The van der Waals surface area contributed by atoms with E-state index in [1.807, 2.05) is 18.2 Å². The third kappa shape index (κ3) is 4.43. The first-order valence-corrected chi connectivity index (χ1v) is 7.81. The number of halogens is 1. The molecule has 21 heavy (non-hydrogen) atoms. The Balaban J connectivity index is 2.02. The molecule has 1 aliphatic rings. The highest BCUT2D eigenvalue weighted by molar-refractivity contribution is 9.10. The van der Waals surface area contributed by atoms with E-state index in [0.717, 1.165) is 35.3 Å². The Morgan fingerprint density at radius 3 is 2.95 bits per heavy atom. The van der Waals surface area contributed by atoms with E-state index >= 15 is 0 Å². The van der Waals surface area contributed by atoms with Gasteiger partial charge in [0.1, 0.15) is 5.75 Å². The number of benzene rings is 1. The van der Waals surface area contributed by atoms with Gasteiger partial charge in [0.25, 0.3) is 5.91 Å². The number of rotatable bonds is 7. The summed E-state index contributed by atoms with van der Waals surface area (Å²) in [5, 5.41) is 3.29. The van der Waals surface area contributed by atoms with Gasteiger partial charge in [0.2, 0.25) is 0 Å². The molecule has 0 saturated carbocycles. The summed E-state index contributed by atoms with van der Waals surface area (Å²) in [5.74, 6) is 0.813. The normalized spacial score (nSPS) is 18.3. The molecule has 1 N–H and O–H groups in total. The standard InChI is InChI=1S/C15H21BrN2O3/c1-18-7-5-14(15(18)19)21-13-4-3-12(16)9-11(13)10-17-6-8-20-2/h3-4,9,14,17H,5-8,10H2,1-2H3. The average Bonchev–Trinajstić information content (AvgIpc) is 2.78. The number of hydrogen-bond acceptors (Lipinski definition) is 4. The van der Waals surface area contributed by atoms with Gasteiger partial charge in [0.05, 0.1) is 6.61 Å². The fourth-order valence-corrected chi connectivity index (χ4v) is 2.66. The molecule has 2 rings (SSSR count). The van der Waals surface area contributed by atoms with E-state index in [-0.39, 0.29) is 12.0 Å². The minimum atomic E-state index is -0.367. The van der Waals surface area contributed by atoms with E-state index in [9.17, 15) is 4.79 Å². The van der Waals surface area contributed by atoms with Gasteiger partial charge < -0.3 is 19.7 Å². The second-order valence-corrected chi connectivity index (χ2v) is 5.99. The van der Waals surface area contributed by atoms with Gasteiger partial charge in [0.15, 0.2) is 6.10 Å². The molecular formula is C15H21BrN2O3. The molecule has 1 fully saturated rings. The van der Waals surface area contributed by atoms with Crippen molar-refractivity contribution in [3.8, 4) is 5.75 Å². The largest absolute Gasteiger partial charge is 0.480 e. The molecular weight excluding hydrogens is 336 g/mol. The van der Waals surface area contributed by atoms with Gasteiger partial charge in [-0.25, -0.2) is 0 Å². The van der Waals surface area contributed by atoms with Crippen molar-refractivity contribution in [2.24, 2.45) is 0 Å². The Hall–Kier alpha value is -1.11. The van der Waals surface area contributed by atoms with Crippen molar-refractivity contribution in [3.05, 3.63) is 28.2 Å². The van der Waals surface area contributed by atoms with Crippen molar-refractivity contribution in [3.63, 3.8) is 0 Å². The first kappa shape index (κ1) is 16.3. The molecule has 116 valence electrons. The quantitative estimate of drug-likeness (QED) is 0.756. The van der Waals surface area contributed by atoms with E-state index < -0.39 is 0 Å². The Labute approximate surface area is 133 Å². The molecule has 1 amide bonds. The van der Waals surface area contributed by atoms with Crippen molar-refractivity contribution >= 4 is 21.8 Å². The number of ether oxygens (including phenoxy) is 2. The molecule has 0 bridgehead atoms. The van der Waals surface area contributed by atoms with Crippen LogP contribution in [-0.4, -0.2) is 50.8 Å². The molecule has 1 aliphatic heterocycles. The average molecular weight is 357 g/mol. The summed E-state index contributed by atoms with van der Waals surface area (Å²) < 4.78 is 11.9. The summed E-state index contributed by atoms with van der Waals surface area (Å²) in [6, 6.07) is 5.85. The van der Waals surface area contributed by atoms with Crippen LogP contribution in [0.15, 0.2) is 22.7 Å². The highest BCUT2D eigenvalue weighted by Crippen LogP contribution is 2.26. The Morgan fingerprint density at radius 2 is 2.29 bits per heavy atom. The molecule has 1 aromatic rings.